The molecule has 0 saturated carbocycles. The molecule has 0 radical (unpaired) electrons. The van der Waals surface area contributed by atoms with Gasteiger partial charge in [-0.3, -0.25) is 24.2 Å². The number of carbonyl (C=O) groups excluding carboxylic acids is 4. The number of nitrogens with zero attached hydrogens (tertiary/aromatic N) is 5. The van der Waals surface area contributed by atoms with E-state index >= 15 is 0 Å². The molecule has 5 N–H and O–H groups in total. The Morgan fingerprint density at radius 3 is 2.21 bits per heavy atom. The van der Waals surface area contributed by atoms with E-state index in [2.05, 4.69) is 76.4 Å². The molecular formula is C65H81N9O10. The van der Waals surface area contributed by atoms with E-state index in [1.165, 1.54) is 6.07 Å². The van der Waals surface area contributed by atoms with Crippen LogP contribution >= 0.6 is 0 Å². The molecule has 0 spiro atoms. The Morgan fingerprint density at radius 1 is 0.810 bits per heavy atom. The van der Waals surface area contributed by atoms with Gasteiger partial charge in [-0.2, -0.15) is 0 Å². The van der Waals surface area contributed by atoms with Gasteiger partial charge in [0.2, 0.25) is 17.7 Å². The number of aryl methyl sites for hydroxylation is 2. The van der Waals surface area contributed by atoms with Crippen LogP contribution in [0.1, 0.15) is 123 Å². The quantitative estimate of drug-likeness (QED) is 0.0294. The van der Waals surface area contributed by atoms with Crippen molar-refractivity contribution in [2.24, 2.45) is 22.2 Å². The first kappa shape index (κ1) is 62.1. The highest BCUT2D eigenvalue weighted by atomic mass is 16.5. The van der Waals surface area contributed by atoms with Crippen LogP contribution in [-0.4, -0.2) is 128 Å². The fourth-order valence-corrected chi connectivity index (χ4v) is 10.5. The third-order valence-electron chi connectivity index (χ3n) is 15.9. The van der Waals surface area contributed by atoms with Crippen molar-refractivity contribution in [3.05, 3.63) is 136 Å². The molecule has 2 aliphatic heterocycles. The molecule has 0 fully saturated rings. The SMILES string of the molecule is CCN=C1C=C2Oc3cc(NCC)c(C)cc3C(c3ccc(C(=O)NCCOCCOCCOCCNC(=O)CCC(=O)N4Cc5ccccc5-c5c(nnn5CCCC(=O)NCC(C)(C)C(C)C)-c5ccccc54)cc3C(=O)O)C2C=C1C. The molecule has 4 aromatic carbocycles. The molecule has 3 aliphatic rings. The Kier molecular flexibility index (Phi) is 21.4. The number of rotatable bonds is 28. The molecule has 1 aromatic heterocycles. The zero-order valence-corrected chi connectivity index (χ0v) is 49.8. The van der Waals surface area contributed by atoms with E-state index in [4.69, 9.17) is 18.9 Å². The summed E-state index contributed by atoms with van der Waals surface area (Å²) in [6.45, 7) is 21.5. The van der Waals surface area contributed by atoms with Crippen LogP contribution < -0.4 is 30.9 Å². The van der Waals surface area contributed by atoms with E-state index in [9.17, 15) is 29.1 Å². The van der Waals surface area contributed by atoms with Gasteiger partial charge in [0, 0.05) is 110 Å². The van der Waals surface area contributed by atoms with E-state index in [0.717, 1.165) is 57.0 Å². The molecule has 5 aromatic rings. The van der Waals surface area contributed by atoms with Crippen molar-refractivity contribution in [3.63, 3.8) is 0 Å². The summed E-state index contributed by atoms with van der Waals surface area (Å²) in [5.41, 5.74) is 10.2. The molecule has 3 heterocycles. The lowest BCUT2D eigenvalue weighted by molar-refractivity contribution is -0.125. The van der Waals surface area contributed by atoms with Crippen LogP contribution in [0, 0.1) is 24.2 Å². The molecular weight excluding hydrogens is 1070 g/mol. The number of hydrogen-bond donors (Lipinski definition) is 5. The maximum Gasteiger partial charge on any atom is 0.336 e. The molecule has 446 valence electrons. The summed E-state index contributed by atoms with van der Waals surface area (Å²) in [6, 6.07) is 24.4. The number of aromatic nitrogens is 3. The molecule has 19 nitrogen and oxygen atoms in total. The summed E-state index contributed by atoms with van der Waals surface area (Å²) in [6.07, 6.45) is 4.96. The van der Waals surface area contributed by atoms with Crippen LogP contribution in [0.3, 0.4) is 0 Å². The fraction of sp³-hybridized carbons (Fsp3) is 0.446. The van der Waals surface area contributed by atoms with E-state index < -0.39 is 17.8 Å². The normalized spacial score (nSPS) is 15.7. The lowest BCUT2D eigenvalue weighted by Gasteiger charge is -2.37. The summed E-state index contributed by atoms with van der Waals surface area (Å²) < 4.78 is 25.4. The maximum absolute atomic E-state index is 14.0. The smallest absolute Gasteiger partial charge is 0.336 e. The average molecular weight is 1150 g/mol. The largest absolute Gasteiger partial charge is 0.478 e. The monoisotopic (exact) mass is 1150 g/mol. The number of hydrogen-bond acceptors (Lipinski definition) is 13. The highest BCUT2D eigenvalue weighted by Crippen LogP contribution is 2.50. The molecule has 4 amide bonds. The van der Waals surface area contributed by atoms with Crippen LogP contribution in [0.15, 0.2) is 107 Å². The number of ether oxygens (including phenoxy) is 4. The van der Waals surface area contributed by atoms with Gasteiger partial charge in [-0.15, -0.1) is 5.10 Å². The van der Waals surface area contributed by atoms with E-state index in [-0.39, 0.29) is 92.5 Å². The van der Waals surface area contributed by atoms with Crippen LogP contribution in [0.2, 0.25) is 0 Å². The number of aliphatic imine (C=N–C) groups is 1. The number of benzene rings is 4. The molecule has 0 saturated heterocycles. The van der Waals surface area contributed by atoms with Gasteiger partial charge >= 0.3 is 5.97 Å². The van der Waals surface area contributed by atoms with Crippen molar-refractivity contribution in [1.29, 1.82) is 0 Å². The summed E-state index contributed by atoms with van der Waals surface area (Å²) in [7, 11) is 0. The molecule has 19 heteroatoms. The molecule has 84 heavy (non-hydrogen) atoms. The van der Waals surface area contributed by atoms with Gasteiger partial charge in [0.05, 0.1) is 68.8 Å². The summed E-state index contributed by atoms with van der Waals surface area (Å²) >= 11 is 0. The Hall–Kier alpha value is -8.00. The number of carboxylic acid groups (broad SMARTS) is 1. The highest BCUT2D eigenvalue weighted by Gasteiger charge is 2.40. The van der Waals surface area contributed by atoms with Gasteiger partial charge in [0.15, 0.2) is 0 Å². The van der Waals surface area contributed by atoms with E-state index in [1.807, 2.05) is 93.1 Å². The highest BCUT2D eigenvalue weighted by molar-refractivity contribution is 6.09. The van der Waals surface area contributed by atoms with Gasteiger partial charge < -0.3 is 50.2 Å². The first-order valence-corrected chi connectivity index (χ1v) is 29.3. The van der Waals surface area contributed by atoms with Gasteiger partial charge in [-0.1, -0.05) is 87.5 Å². The zero-order chi connectivity index (χ0) is 59.9. The van der Waals surface area contributed by atoms with E-state index in [1.54, 1.807) is 17.0 Å². The Labute approximate surface area is 492 Å². The number of para-hydroxylation sites is 1. The summed E-state index contributed by atoms with van der Waals surface area (Å²) in [5, 5.41) is 31.9. The minimum absolute atomic E-state index is 0.00561. The average Bonchev–Trinajstić information content (AvgIpc) is 1.48. The zero-order valence-electron chi connectivity index (χ0n) is 49.8. The standard InChI is InChI=1S/C65H81N9O10/c1-9-66-52-37-55-50(34-42(52)5)60(51-35-43(6)53(67-10-2)38-56(51)84-55)47-22-21-44(36-49(47)64(79)80)63(78)69-26-29-82-31-33-83-32-30-81-28-25-68-58(76)23-24-59(77)73-39-45-16-11-12-17-46(45)62-61(48-18-13-14-19-54(48)73)71-72-74(62)27-15-20-57(75)70-40-65(7,8)41(3)4/h11-14,16-19,21-22,34-38,41,50,60,67H,9-10,15,20,23-33,39-40H2,1-8H3,(H,68,76)(H,69,78)(H,70,75)(H,79,80). The molecule has 2 atom stereocenters. The fourth-order valence-electron chi connectivity index (χ4n) is 10.5. The van der Waals surface area contributed by atoms with Crippen LogP contribution in [0.4, 0.5) is 11.4 Å². The van der Waals surface area contributed by atoms with Gasteiger partial charge in [-0.05, 0) is 92.0 Å². The van der Waals surface area contributed by atoms with Crippen molar-refractivity contribution in [2.45, 2.75) is 100 Å². The lowest BCUT2D eigenvalue weighted by atomic mass is 9.73. The second-order valence-corrected chi connectivity index (χ2v) is 22.3. The maximum atomic E-state index is 14.0. The number of allylic oxidation sites excluding steroid dienone is 3. The van der Waals surface area contributed by atoms with Crippen molar-refractivity contribution in [1.82, 2.24) is 30.9 Å². The third-order valence-corrected chi connectivity index (χ3v) is 15.9. The lowest BCUT2D eigenvalue weighted by Crippen LogP contribution is -2.36. The van der Waals surface area contributed by atoms with Crippen LogP contribution in [0.25, 0.3) is 22.5 Å². The molecule has 0 bridgehead atoms. The summed E-state index contributed by atoms with van der Waals surface area (Å²) in [4.78, 5) is 72.5. The number of nitrogens with one attached hydrogen (secondary N) is 4. The van der Waals surface area contributed by atoms with Crippen molar-refractivity contribution < 1.29 is 48.0 Å². The number of aromatic carboxylic acids is 1. The van der Waals surface area contributed by atoms with Crippen molar-refractivity contribution >= 4 is 46.7 Å². The summed E-state index contributed by atoms with van der Waals surface area (Å²) in [5.74, 6) is -0.954. The number of anilines is 2. The number of carbonyl (C=O) groups is 5. The number of carboxylic acids is 1. The minimum Gasteiger partial charge on any atom is -0.478 e. The topological polar surface area (TPSA) is 237 Å². The Balaban J connectivity index is 0.734. The van der Waals surface area contributed by atoms with Gasteiger partial charge in [0.1, 0.15) is 17.2 Å². The van der Waals surface area contributed by atoms with Crippen molar-refractivity contribution in [2.75, 3.05) is 82.6 Å². The Bertz CT molecular complexity index is 3290. The Morgan fingerprint density at radius 2 is 1.50 bits per heavy atom. The third kappa shape index (κ3) is 15.2. The van der Waals surface area contributed by atoms with Crippen molar-refractivity contribution in [3.8, 4) is 28.3 Å². The first-order chi connectivity index (χ1) is 40.5. The first-order valence-electron chi connectivity index (χ1n) is 29.3. The second kappa shape index (κ2) is 29.0. The van der Waals surface area contributed by atoms with Gasteiger partial charge in [-0.25, -0.2) is 9.48 Å². The van der Waals surface area contributed by atoms with E-state index in [0.29, 0.717) is 86.7 Å². The number of fused-ring (bicyclic) bond motifs is 7. The molecule has 2 unspecified atom stereocenters. The minimum atomic E-state index is -1.14. The van der Waals surface area contributed by atoms with Crippen LogP contribution in [-0.2, 0) is 41.7 Å². The number of amides is 4. The predicted octanol–water partition coefficient (Wildman–Crippen LogP) is 9.30. The molecule has 8 rings (SSSR count). The second-order valence-electron chi connectivity index (χ2n) is 22.3. The predicted molar refractivity (Wildman–Crippen MR) is 325 cm³/mol. The molecule has 1 aliphatic carbocycles. The van der Waals surface area contributed by atoms with Gasteiger partial charge in [0.25, 0.3) is 5.91 Å². The van der Waals surface area contributed by atoms with Crippen LogP contribution in [0.5, 0.6) is 5.75 Å².